The lowest BCUT2D eigenvalue weighted by Crippen LogP contribution is -2.26. The van der Waals surface area contributed by atoms with Crippen LogP contribution >= 0.6 is 0 Å². The smallest absolute Gasteiger partial charge is 0.223 e. The molecule has 0 aliphatic carbocycles. The van der Waals surface area contributed by atoms with E-state index in [1.54, 1.807) is 13.0 Å². The SMILES string of the molecule is Cc1c(F)cccc1N=C(N)N=C(N)N. The molecule has 1 aromatic rings. The van der Waals surface area contributed by atoms with Crippen molar-refractivity contribution < 1.29 is 4.39 Å². The molecule has 1 rings (SSSR count). The second kappa shape index (κ2) is 4.41. The summed E-state index contributed by atoms with van der Waals surface area (Å²) in [4.78, 5) is 7.39. The van der Waals surface area contributed by atoms with Crippen molar-refractivity contribution in [1.82, 2.24) is 0 Å². The summed E-state index contributed by atoms with van der Waals surface area (Å²) in [5.74, 6) is -0.650. The molecule has 0 spiro atoms. The number of hydrogen-bond acceptors (Lipinski definition) is 1. The van der Waals surface area contributed by atoms with Gasteiger partial charge in [0.15, 0.2) is 5.96 Å². The predicted octanol–water partition coefficient (Wildman–Crippen LogP) is 0.354. The van der Waals surface area contributed by atoms with E-state index in [2.05, 4.69) is 9.98 Å². The van der Waals surface area contributed by atoms with E-state index in [-0.39, 0.29) is 17.7 Å². The largest absolute Gasteiger partial charge is 0.370 e. The normalized spacial score (nSPS) is 11.2. The van der Waals surface area contributed by atoms with Crippen molar-refractivity contribution in [3.8, 4) is 0 Å². The summed E-state index contributed by atoms with van der Waals surface area (Å²) < 4.78 is 13.1. The summed E-state index contributed by atoms with van der Waals surface area (Å²) >= 11 is 0. The minimum absolute atomic E-state index is 0.108. The van der Waals surface area contributed by atoms with Crippen molar-refractivity contribution in [1.29, 1.82) is 0 Å². The molecular formula is C9H12FN5. The Morgan fingerprint density at radius 3 is 2.53 bits per heavy atom. The number of halogens is 1. The zero-order chi connectivity index (χ0) is 11.4. The first-order chi connectivity index (χ1) is 7.00. The van der Waals surface area contributed by atoms with Crippen molar-refractivity contribution in [2.24, 2.45) is 27.2 Å². The second-order valence-electron chi connectivity index (χ2n) is 2.89. The Balaban J connectivity index is 3.09. The molecule has 0 fully saturated rings. The molecule has 6 heteroatoms. The van der Waals surface area contributed by atoms with E-state index in [4.69, 9.17) is 17.2 Å². The zero-order valence-electron chi connectivity index (χ0n) is 8.24. The molecule has 0 radical (unpaired) electrons. The van der Waals surface area contributed by atoms with Crippen LogP contribution in [0.1, 0.15) is 5.56 Å². The molecule has 0 atom stereocenters. The van der Waals surface area contributed by atoms with Gasteiger partial charge in [-0.15, -0.1) is 0 Å². The van der Waals surface area contributed by atoms with Gasteiger partial charge in [-0.3, -0.25) is 0 Å². The van der Waals surface area contributed by atoms with Gasteiger partial charge in [-0.2, -0.15) is 4.99 Å². The van der Waals surface area contributed by atoms with E-state index in [0.717, 1.165) is 0 Å². The average molecular weight is 209 g/mol. The van der Waals surface area contributed by atoms with Crippen LogP contribution in [0.25, 0.3) is 0 Å². The first-order valence-electron chi connectivity index (χ1n) is 4.19. The molecule has 80 valence electrons. The molecule has 0 saturated heterocycles. The van der Waals surface area contributed by atoms with Crippen molar-refractivity contribution in [3.63, 3.8) is 0 Å². The van der Waals surface area contributed by atoms with Gasteiger partial charge in [0.2, 0.25) is 5.96 Å². The van der Waals surface area contributed by atoms with Gasteiger partial charge in [0.05, 0.1) is 5.69 Å². The van der Waals surface area contributed by atoms with Crippen LogP contribution < -0.4 is 17.2 Å². The van der Waals surface area contributed by atoms with Gasteiger partial charge in [-0.05, 0) is 19.1 Å². The fourth-order valence-electron chi connectivity index (χ4n) is 0.998. The average Bonchev–Trinajstić information content (AvgIpc) is 2.11. The fraction of sp³-hybridized carbons (Fsp3) is 0.111. The van der Waals surface area contributed by atoms with Gasteiger partial charge in [0, 0.05) is 5.56 Å². The van der Waals surface area contributed by atoms with Crippen LogP contribution in [0.3, 0.4) is 0 Å². The summed E-state index contributed by atoms with van der Waals surface area (Å²) in [5.41, 5.74) is 16.4. The molecule has 0 amide bonds. The highest BCUT2D eigenvalue weighted by atomic mass is 19.1. The first-order valence-corrected chi connectivity index (χ1v) is 4.19. The van der Waals surface area contributed by atoms with Crippen LogP contribution in [0.5, 0.6) is 0 Å². The topological polar surface area (TPSA) is 103 Å². The number of benzene rings is 1. The summed E-state index contributed by atoms with van der Waals surface area (Å²) in [5, 5.41) is 0. The molecule has 15 heavy (non-hydrogen) atoms. The third kappa shape index (κ3) is 2.94. The lowest BCUT2D eigenvalue weighted by Gasteiger charge is -2.01. The Bertz CT molecular complexity index is 421. The Morgan fingerprint density at radius 2 is 1.93 bits per heavy atom. The van der Waals surface area contributed by atoms with E-state index in [1.165, 1.54) is 12.1 Å². The third-order valence-electron chi connectivity index (χ3n) is 1.72. The maximum atomic E-state index is 13.1. The molecule has 0 aromatic heterocycles. The molecule has 6 N–H and O–H groups in total. The lowest BCUT2D eigenvalue weighted by atomic mass is 10.2. The highest BCUT2D eigenvalue weighted by molar-refractivity contribution is 5.93. The number of hydrogen-bond donors (Lipinski definition) is 3. The minimum Gasteiger partial charge on any atom is -0.370 e. The summed E-state index contributed by atoms with van der Waals surface area (Å²) in [7, 11) is 0. The maximum Gasteiger partial charge on any atom is 0.223 e. The van der Waals surface area contributed by atoms with E-state index in [9.17, 15) is 4.39 Å². The Labute approximate surface area is 86.5 Å². The Hall–Kier alpha value is -2.11. The number of nitrogens with two attached hydrogens (primary N) is 3. The van der Waals surface area contributed by atoms with Crippen LogP contribution in [-0.4, -0.2) is 11.9 Å². The van der Waals surface area contributed by atoms with Gasteiger partial charge < -0.3 is 17.2 Å². The molecule has 0 aliphatic heterocycles. The highest BCUT2D eigenvalue weighted by Crippen LogP contribution is 2.20. The van der Waals surface area contributed by atoms with Crippen LogP contribution in [0.4, 0.5) is 10.1 Å². The van der Waals surface area contributed by atoms with E-state index < -0.39 is 0 Å². The van der Waals surface area contributed by atoms with E-state index in [0.29, 0.717) is 11.3 Å². The summed E-state index contributed by atoms with van der Waals surface area (Å²) in [6.45, 7) is 1.59. The summed E-state index contributed by atoms with van der Waals surface area (Å²) in [6.07, 6.45) is 0. The number of aliphatic imine (C=N–C) groups is 2. The van der Waals surface area contributed by atoms with Crippen LogP contribution in [-0.2, 0) is 0 Å². The monoisotopic (exact) mass is 209 g/mol. The highest BCUT2D eigenvalue weighted by Gasteiger charge is 2.02. The van der Waals surface area contributed by atoms with Crippen molar-refractivity contribution in [2.45, 2.75) is 6.92 Å². The molecule has 0 aliphatic rings. The lowest BCUT2D eigenvalue weighted by molar-refractivity contribution is 0.619. The van der Waals surface area contributed by atoms with Crippen LogP contribution in [0.15, 0.2) is 28.2 Å². The molecule has 0 heterocycles. The molecule has 0 saturated carbocycles. The summed E-state index contributed by atoms with van der Waals surface area (Å²) in [6, 6.07) is 4.49. The number of rotatable bonds is 1. The zero-order valence-corrected chi connectivity index (χ0v) is 8.24. The Morgan fingerprint density at radius 1 is 1.27 bits per heavy atom. The van der Waals surface area contributed by atoms with Gasteiger partial charge in [-0.25, -0.2) is 9.38 Å². The second-order valence-corrected chi connectivity index (χ2v) is 2.89. The van der Waals surface area contributed by atoms with Crippen molar-refractivity contribution in [3.05, 3.63) is 29.6 Å². The van der Waals surface area contributed by atoms with Crippen LogP contribution in [0.2, 0.25) is 0 Å². The van der Waals surface area contributed by atoms with E-state index >= 15 is 0 Å². The fourth-order valence-corrected chi connectivity index (χ4v) is 0.998. The van der Waals surface area contributed by atoms with Crippen LogP contribution in [0, 0.1) is 12.7 Å². The third-order valence-corrected chi connectivity index (χ3v) is 1.72. The molecule has 5 nitrogen and oxygen atoms in total. The maximum absolute atomic E-state index is 13.1. The standard InChI is InChI=1S/C9H12FN5/c1-5-6(10)3-2-4-7(5)14-9(13)15-8(11)12/h2-4H,1H3,(H6,11,12,13,14,15). The van der Waals surface area contributed by atoms with Gasteiger partial charge in [0.25, 0.3) is 0 Å². The number of guanidine groups is 2. The molecular weight excluding hydrogens is 197 g/mol. The quantitative estimate of drug-likeness (QED) is 0.459. The van der Waals surface area contributed by atoms with Gasteiger partial charge in [0.1, 0.15) is 5.82 Å². The number of nitrogens with zero attached hydrogens (tertiary/aromatic N) is 2. The minimum atomic E-state index is -0.353. The molecule has 0 bridgehead atoms. The van der Waals surface area contributed by atoms with E-state index in [1.807, 2.05) is 0 Å². The molecule has 1 aromatic carbocycles. The predicted molar refractivity (Wildman–Crippen MR) is 58.2 cm³/mol. The van der Waals surface area contributed by atoms with Gasteiger partial charge in [-0.1, -0.05) is 6.07 Å². The Kier molecular flexibility index (Phi) is 3.22. The molecule has 0 unspecified atom stereocenters. The van der Waals surface area contributed by atoms with Crippen molar-refractivity contribution >= 4 is 17.6 Å². The van der Waals surface area contributed by atoms with Gasteiger partial charge >= 0.3 is 0 Å². The first kappa shape index (κ1) is 11.0. The van der Waals surface area contributed by atoms with Crippen molar-refractivity contribution in [2.75, 3.05) is 0 Å².